The number of thioether (sulfide) groups is 1. The molecule has 0 aliphatic carbocycles. The second-order valence-corrected chi connectivity index (χ2v) is 4.41. The SMILES string of the molecule is ClCC=CCSC1CCOCC1. The smallest absolute Gasteiger partial charge is 0.0476 e. The lowest BCUT2D eigenvalue weighted by molar-refractivity contribution is 0.100. The van der Waals surface area contributed by atoms with E-state index >= 15 is 0 Å². The molecule has 0 aromatic rings. The highest BCUT2D eigenvalue weighted by molar-refractivity contribution is 8.00. The van der Waals surface area contributed by atoms with Crippen molar-refractivity contribution in [2.45, 2.75) is 18.1 Å². The molecular weight excluding hydrogens is 192 g/mol. The standard InChI is InChI=1S/C9H15ClOS/c10-5-1-2-8-12-9-3-6-11-7-4-9/h1-2,9H,3-8H2. The topological polar surface area (TPSA) is 9.23 Å². The van der Waals surface area contributed by atoms with Gasteiger partial charge in [0.25, 0.3) is 0 Å². The van der Waals surface area contributed by atoms with E-state index in [0.717, 1.165) is 24.2 Å². The molecule has 1 saturated heterocycles. The van der Waals surface area contributed by atoms with Crippen LogP contribution >= 0.6 is 23.4 Å². The molecule has 1 fully saturated rings. The van der Waals surface area contributed by atoms with Crippen molar-refractivity contribution in [1.82, 2.24) is 0 Å². The highest BCUT2D eigenvalue weighted by atomic mass is 35.5. The summed E-state index contributed by atoms with van der Waals surface area (Å²) in [4.78, 5) is 0. The Balaban J connectivity index is 2.01. The Morgan fingerprint density at radius 3 is 2.75 bits per heavy atom. The molecule has 12 heavy (non-hydrogen) atoms. The van der Waals surface area contributed by atoms with E-state index in [9.17, 15) is 0 Å². The van der Waals surface area contributed by atoms with Gasteiger partial charge in [0, 0.05) is 30.1 Å². The van der Waals surface area contributed by atoms with Gasteiger partial charge in [-0.05, 0) is 12.8 Å². The lowest BCUT2D eigenvalue weighted by Gasteiger charge is -2.20. The average molecular weight is 207 g/mol. The first kappa shape index (κ1) is 10.4. The zero-order valence-electron chi connectivity index (χ0n) is 7.17. The largest absolute Gasteiger partial charge is 0.381 e. The molecule has 1 heterocycles. The predicted octanol–water partition coefficient (Wildman–Crippen LogP) is 2.69. The lowest BCUT2D eigenvalue weighted by atomic mass is 10.2. The normalized spacial score (nSPS) is 20.4. The van der Waals surface area contributed by atoms with Gasteiger partial charge in [0.2, 0.25) is 0 Å². The number of rotatable bonds is 4. The van der Waals surface area contributed by atoms with Gasteiger partial charge in [0.1, 0.15) is 0 Å². The van der Waals surface area contributed by atoms with E-state index in [4.69, 9.17) is 16.3 Å². The molecule has 0 aromatic carbocycles. The molecule has 0 atom stereocenters. The van der Waals surface area contributed by atoms with Crippen molar-refractivity contribution >= 4 is 23.4 Å². The highest BCUT2D eigenvalue weighted by Crippen LogP contribution is 2.21. The summed E-state index contributed by atoms with van der Waals surface area (Å²) in [6.07, 6.45) is 6.57. The summed E-state index contributed by atoms with van der Waals surface area (Å²) >= 11 is 7.52. The van der Waals surface area contributed by atoms with Crippen LogP contribution in [0.2, 0.25) is 0 Å². The predicted molar refractivity (Wildman–Crippen MR) is 56.2 cm³/mol. The van der Waals surface area contributed by atoms with Crippen molar-refractivity contribution < 1.29 is 4.74 Å². The van der Waals surface area contributed by atoms with Crippen LogP contribution in [0.1, 0.15) is 12.8 Å². The average Bonchev–Trinajstić information content (AvgIpc) is 2.14. The third kappa shape index (κ3) is 4.39. The van der Waals surface area contributed by atoms with Gasteiger partial charge in [0.05, 0.1) is 0 Å². The zero-order chi connectivity index (χ0) is 8.65. The molecule has 0 spiro atoms. The number of alkyl halides is 1. The molecule has 0 unspecified atom stereocenters. The van der Waals surface area contributed by atoms with Crippen molar-refractivity contribution in [3.63, 3.8) is 0 Å². The van der Waals surface area contributed by atoms with Gasteiger partial charge < -0.3 is 4.74 Å². The summed E-state index contributed by atoms with van der Waals surface area (Å²) in [6.45, 7) is 1.88. The van der Waals surface area contributed by atoms with E-state index in [1.54, 1.807) is 0 Å². The molecular formula is C9H15ClOS. The van der Waals surface area contributed by atoms with Gasteiger partial charge in [-0.1, -0.05) is 12.2 Å². The van der Waals surface area contributed by atoms with Crippen molar-refractivity contribution in [2.75, 3.05) is 24.8 Å². The van der Waals surface area contributed by atoms with E-state index in [-0.39, 0.29) is 0 Å². The van der Waals surface area contributed by atoms with E-state index in [1.165, 1.54) is 12.8 Å². The number of allylic oxidation sites excluding steroid dienone is 1. The summed E-state index contributed by atoms with van der Waals surface area (Å²) in [7, 11) is 0. The van der Waals surface area contributed by atoms with E-state index in [1.807, 2.05) is 17.8 Å². The Bertz CT molecular complexity index is 132. The Labute approximate surface area is 83.5 Å². The fraction of sp³-hybridized carbons (Fsp3) is 0.778. The van der Waals surface area contributed by atoms with Crippen LogP contribution in [-0.4, -0.2) is 30.1 Å². The van der Waals surface area contributed by atoms with Crippen LogP contribution in [0, 0.1) is 0 Å². The molecule has 1 rings (SSSR count). The summed E-state index contributed by atoms with van der Waals surface area (Å²) in [5.41, 5.74) is 0. The molecule has 1 nitrogen and oxygen atoms in total. The van der Waals surface area contributed by atoms with E-state index in [0.29, 0.717) is 5.88 Å². The molecule has 1 aliphatic rings. The molecule has 0 aromatic heterocycles. The summed E-state index contributed by atoms with van der Waals surface area (Å²) in [5, 5.41) is 0.804. The fourth-order valence-electron chi connectivity index (χ4n) is 1.17. The van der Waals surface area contributed by atoms with Crippen LogP contribution in [-0.2, 0) is 4.74 Å². The molecule has 1 aliphatic heterocycles. The zero-order valence-corrected chi connectivity index (χ0v) is 8.74. The minimum absolute atomic E-state index is 0.633. The maximum absolute atomic E-state index is 5.51. The first-order valence-corrected chi connectivity index (χ1v) is 5.92. The molecule has 0 bridgehead atoms. The van der Waals surface area contributed by atoms with Gasteiger partial charge in [-0.25, -0.2) is 0 Å². The van der Waals surface area contributed by atoms with Crippen LogP contribution in [0.5, 0.6) is 0 Å². The van der Waals surface area contributed by atoms with Gasteiger partial charge in [-0.15, -0.1) is 11.6 Å². The number of hydrogen-bond donors (Lipinski definition) is 0. The maximum Gasteiger partial charge on any atom is 0.0476 e. The second-order valence-electron chi connectivity index (χ2n) is 2.77. The van der Waals surface area contributed by atoms with Crippen LogP contribution in [0.3, 0.4) is 0 Å². The van der Waals surface area contributed by atoms with Crippen molar-refractivity contribution in [3.8, 4) is 0 Å². The first-order chi connectivity index (χ1) is 5.93. The van der Waals surface area contributed by atoms with Crippen molar-refractivity contribution in [3.05, 3.63) is 12.2 Å². The highest BCUT2D eigenvalue weighted by Gasteiger charge is 2.12. The molecule has 0 radical (unpaired) electrons. The Kier molecular flexibility index (Phi) is 5.92. The Morgan fingerprint density at radius 2 is 2.08 bits per heavy atom. The molecule has 0 saturated carbocycles. The first-order valence-electron chi connectivity index (χ1n) is 4.34. The minimum Gasteiger partial charge on any atom is -0.381 e. The Morgan fingerprint density at radius 1 is 1.33 bits per heavy atom. The van der Waals surface area contributed by atoms with Gasteiger partial charge in [-0.2, -0.15) is 11.8 Å². The second kappa shape index (κ2) is 6.81. The lowest BCUT2D eigenvalue weighted by Crippen LogP contribution is -2.17. The van der Waals surface area contributed by atoms with E-state index < -0.39 is 0 Å². The van der Waals surface area contributed by atoms with E-state index in [2.05, 4.69) is 6.08 Å². The van der Waals surface area contributed by atoms with Crippen LogP contribution in [0.4, 0.5) is 0 Å². The molecule has 0 amide bonds. The molecule has 0 N–H and O–H groups in total. The Hall–Kier alpha value is 0.340. The van der Waals surface area contributed by atoms with Crippen molar-refractivity contribution in [1.29, 1.82) is 0 Å². The van der Waals surface area contributed by atoms with Crippen LogP contribution < -0.4 is 0 Å². The number of hydrogen-bond acceptors (Lipinski definition) is 2. The monoisotopic (exact) mass is 206 g/mol. The quantitative estimate of drug-likeness (QED) is 0.517. The van der Waals surface area contributed by atoms with Gasteiger partial charge in [-0.3, -0.25) is 0 Å². The summed E-state index contributed by atoms with van der Waals surface area (Å²) in [6, 6.07) is 0. The third-order valence-corrected chi connectivity index (χ3v) is 3.36. The molecule has 3 heteroatoms. The van der Waals surface area contributed by atoms with Gasteiger partial charge >= 0.3 is 0 Å². The fourth-order valence-corrected chi connectivity index (χ4v) is 2.34. The summed E-state index contributed by atoms with van der Waals surface area (Å²) < 4.78 is 5.27. The summed E-state index contributed by atoms with van der Waals surface area (Å²) in [5.74, 6) is 1.73. The van der Waals surface area contributed by atoms with Crippen molar-refractivity contribution in [2.24, 2.45) is 0 Å². The number of ether oxygens (including phenoxy) is 1. The minimum atomic E-state index is 0.633. The van der Waals surface area contributed by atoms with Crippen LogP contribution in [0.15, 0.2) is 12.2 Å². The van der Waals surface area contributed by atoms with Gasteiger partial charge in [0.15, 0.2) is 0 Å². The molecule has 70 valence electrons. The maximum atomic E-state index is 5.51. The number of halogens is 1. The van der Waals surface area contributed by atoms with Crippen LogP contribution in [0.25, 0.3) is 0 Å². The third-order valence-electron chi connectivity index (χ3n) is 1.85.